The predicted octanol–water partition coefficient (Wildman–Crippen LogP) is -0.996. The summed E-state index contributed by atoms with van der Waals surface area (Å²) in [7, 11) is 0. The molecule has 0 atom stereocenters. The van der Waals surface area contributed by atoms with Crippen molar-refractivity contribution in [1.29, 1.82) is 0 Å². The predicted molar refractivity (Wildman–Crippen MR) is 58.7 cm³/mol. The maximum absolute atomic E-state index is 8.56. The normalized spacial score (nSPS) is 19.0. The summed E-state index contributed by atoms with van der Waals surface area (Å²) in [6, 6.07) is 0. The molecule has 16 heavy (non-hydrogen) atoms. The van der Waals surface area contributed by atoms with Gasteiger partial charge < -0.3 is 16.5 Å². The number of fused-ring (bicyclic) bond motifs is 1. The minimum absolute atomic E-state index is 0. The van der Waals surface area contributed by atoms with Gasteiger partial charge in [-0.2, -0.15) is 0 Å². The zero-order chi connectivity index (χ0) is 11.1. The van der Waals surface area contributed by atoms with E-state index >= 15 is 0 Å². The number of hydrogen-bond acceptors (Lipinski definition) is 3. The molecule has 0 bridgehead atoms. The van der Waals surface area contributed by atoms with Crippen LogP contribution in [0.3, 0.4) is 0 Å². The average Bonchev–Trinajstić information content (AvgIpc) is 2.41. The number of nitrogens with zero attached hydrogens (tertiary/aromatic N) is 2. The Morgan fingerprint density at radius 1 is 1.19 bits per heavy atom. The van der Waals surface area contributed by atoms with Gasteiger partial charge in [0.15, 0.2) is 0 Å². The van der Waals surface area contributed by atoms with Gasteiger partial charge in [0.2, 0.25) is 0 Å². The molecule has 0 aromatic heterocycles. The molecule has 2 rings (SSSR count). The van der Waals surface area contributed by atoms with E-state index in [0.717, 1.165) is 6.54 Å². The van der Waals surface area contributed by atoms with Crippen LogP contribution in [-0.2, 0) is 0 Å². The summed E-state index contributed by atoms with van der Waals surface area (Å²) in [6.45, 7) is 3.60. The van der Waals surface area contributed by atoms with E-state index in [2.05, 4.69) is 9.89 Å². The molecule has 1 fully saturated rings. The van der Waals surface area contributed by atoms with Crippen molar-refractivity contribution in [3.63, 3.8) is 0 Å². The van der Waals surface area contributed by atoms with Crippen LogP contribution in [0.2, 0.25) is 0 Å². The van der Waals surface area contributed by atoms with Crippen molar-refractivity contribution >= 4 is 12.0 Å². The third-order valence-electron chi connectivity index (χ3n) is 2.57. The van der Waals surface area contributed by atoms with E-state index < -0.39 is 6.16 Å². The van der Waals surface area contributed by atoms with Gasteiger partial charge in [-0.3, -0.25) is 4.99 Å². The smallest absolute Gasteiger partial charge is 1.00 e. The summed E-state index contributed by atoms with van der Waals surface area (Å²) in [5.41, 5.74) is 0. The molecule has 2 heterocycles. The third kappa shape index (κ3) is 6.85. The number of hydrogen-bond donors (Lipinski definition) is 2. The fraction of sp³-hybridized carbons (Fsp3) is 0.800. The second-order valence-corrected chi connectivity index (χ2v) is 3.73. The quantitative estimate of drug-likeness (QED) is 0.544. The average molecular weight is 254 g/mol. The van der Waals surface area contributed by atoms with Crippen molar-refractivity contribution < 1.29 is 67.8 Å². The molecule has 6 heteroatoms. The standard InChI is InChI=1S/C9H16N2.CH2O3.K.H/c1-2-5-9-10-6-4-8-11(9)7-3-1;2-1(3)4;;/h1-8H2;(H2,2,3,4);;/q;;+1;-1. The minimum Gasteiger partial charge on any atom is -1.00 e. The van der Waals surface area contributed by atoms with E-state index in [1.165, 1.54) is 51.0 Å². The van der Waals surface area contributed by atoms with E-state index in [-0.39, 0.29) is 52.8 Å². The van der Waals surface area contributed by atoms with Gasteiger partial charge in [-0.15, -0.1) is 0 Å². The van der Waals surface area contributed by atoms with Crippen molar-refractivity contribution in [2.75, 3.05) is 19.6 Å². The Balaban J connectivity index is 0. The van der Waals surface area contributed by atoms with E-state index in [4.69, 9.17) is 15.0 Å². The minimum atomic E-state index is -1.83. The zero-order valence-corrected chi connectivity index (χ0v) is 13.0. The number of carbonyl (C=O) groups is 1. The molecule has 0 aromatic carbocycles. The SMILES string of the molecule is C1CCC2=NCCCN2CC1.O=C(O)O.[H-].[K+]. The van der Waals surface area contributed by atoms with Crippen LogP contribution in [0.5, 0.6) is 0 Å². The summed E-state index contributed by atoms with van der Waals surface area (Å²) in [4.78, 5) is 15.6. The summed E-state index contributed by atoms with van der Waals surface area (Å²) < 4.78 is 0. The molecule has 1 saturated heterocycles. The van der Waals surface area contributed by atoms with Gasteiger partial charge in [-0.1, -0.05) is 6.42 Å². The third-order valence-corrected chi connectivity index (χ3v) is 2.57. The molecule has 0 saturated carbocycles. The summed E-state index contributed by atoms with van der Waals surface area (Å²) in [5.74, 6) is 1.40. The molecule has 0 amide bonds. The van der Waals surface area contributed by atoms with Crippen LogP contribution in [0.25, 0.3) is 0 Å². The van der Waals surface area contributed by atoms with Crippen molar-refractivity contribution in [2.45, 2.75) is 32.1 Å². The van der Waals surface area contributed by atoms with Crippen LogP contribution in [-0.4, -0.2) is 46.7 Å². The first-order chi connectivity index (χ1) is 7.20. The molecule has 0 unspecified atom stereocenters. The van der Waals surface area contributed by atoms with Gasteiger partial charge >= 0.3 is 57.5 Å². The van der Waals surface area contributed by atoms with Gasteiger partial charge in [0.1, 0.15) is 0 Å². The largest absolute Gasteiger partial charge is 1.00 e. The van der Waals surface area contributed by atoms with Gasteiger partial charge in [0, 0.05) is 26.1 Å². The second-order valence-electron chi connectivity index (χ2n) is 3.73. The van der Waals surface area contributed by atoms with Crippen molar-refractivity contribution in [3.8, 4) is 0 Å². The van der Waals surface area contributed by atoms with Crippen LogP contribution < -0.4 is 51.4 Å². The molecule has 0 aliphatic carbocycles. The Morgan fingerprint density at radius 3 is 2.50 bits per heavy atom. The Kier molecular flexibility index (Phi) is 9.63. The first-order valence-corrected chi connectivity index (χ1v) is 5.40. The molecular formula is C10H19KN2O3. The topological polar surface area (TPSA) is 73.1 Å². The van der Waals surface area contributed by atoms with Gasteiger partial charge in [0.25, 0.3) is 0 Å². The number of aliphatic imine (C=N–C) groups is 1. The monoisotopic (exact) mass is 254 g/mol. The van der Waals surface area contributed by atoms with Crippen LogP contribution >= 0.6 is 0 Å². The Hall–Kier alpha value is 0.376. The Morgan fingerprint density at radius 2 is 1.81 bits per heavy atom. The summed E-state index contributed by atoms with van der Waals surface area (Å²) >= 11 is 0. The van der Waals surface area contributed by atoms with E-state index in [9.17, 15) is 0 Å². The van der Waals surface area contributed by atoms with Crippen molar-refractivity contribution in [1.82, 2.24) is 4.90 Å². The Labute approximate surface area is 140 Å². The van der Waals surface area contributed by atoms with E-state index in [1.54, 1.807) is 0 Å². The van der Waals surface area contributed by atoms with Gasteiger partial charge in [0.05, 0.1) is 5.84 Å². The Bertz CT molecular complexity index is 248. The fourth-order valence-corrected chi connectivity index (χ4v) is 1.94. The first kappa shape index (κ1) is 16.4. The molecular weight excluding hydrogens is 235 g/mol. The van der Waals surface area contributed by atoms with Crippen molar-refractivity contribution in [2.24, 2.45) is 4.99 Å². The summed E-state index contributed by atoms with van der Waals surface area (Å²) in [5, 5.41) is 13.9. The number of carboxylic acid groups (broad SMARTS) is 2. The number of rotatable bonds is 0. The van der Waals surface area contributed by atoms with Crippen LogP contribution in [0.4, 0.5) is 4.79 Å². The summed E-state index contributed by atoms with van der Waals surface area (Å²) in [6.07, 6.45) is 4.80. The molecule has 2 aliphatic rings. The van der Waals surface area contributed by atoms with Gasteiger partial charge in [-0.05, 0) is 19.3 Å². The molecule has 2 aliphatic heterocycles. The molecule has 5 nitrogen and oxygen atoms in total. The fourth-order valence-electron chi connectivity index (χ4n) is 1.94. The molecule has 0 aromatic rings. The maximum Gasteiger partial charge on any atom is 1.00 e. The van der Waals surface area contributed by atoms with E-state index in [0.29, 0.717) is 0 Å². The maximum atomic E-state index is 8.56. The molecule has 2 N–H and O–H groups in total. The van der Waals surface area contributed by atoms with Crippen LogP contribution in [0.15, 0.2) is 4.99 Å². The molecule has 0 radical (unpaired) electrons. The van der Waals surface area contributed by atoms with Crippen LogP contribution in [0.1, 0.15) is 33.5 Å². The first-order valence-electron chi connectivity index (χ1n) is 5.40. The zero-order valence-electron chi connectivity index (χ0n) is 10.9. The molecule has 0 spiro atoms. The number of amidine groups is 1. The van der Waals surface area contributed by atoms with Crippen LogP contribution in [0, 0.1) is 0 Å². The second kappa shape index (κ2) is 9.41. The van der Waals surface area contributed by atoms with E-state index in [1.807, 2.05) is 0 Å². The van der Waals surface area contributed by atoms with Gasteiger partial charge in [-0.25, -0.2) is 4.79 Å². The molecule has 88 valence electrons. The van der Waals surface area contributed by atoms with Crippen molar-refractivity contribution in [3.05, 3.63) is 0 Å².